The molecule has 116 valence electrons. The lowest BCUT2D eigenvalue weighted by Gasteiger charge is -2.36. The van der Waals surface area contributed by atoms with Gasteiger partial charge in [0.05, 0.1) is 0 Å². The molecule has 1 aromatic carbocycles. The highest BCUT2D eigenvalue weighted by Crippen LogP contribution is 2.25. The Kier molecular flexibility index (Phi) is 3.83. The summed E-state index contributed by atoms with van der Waals surface area (Å²) in [4.78, 5) is 32.0. The first-order valence-corrected chi connectivity index (χ1v) is 7.61. The molecule has 3 amide bonds. The number of fused-ring (bicyclic) bond motifs is 1. The van der Waals surface area contributed by atoms with E-state index in [-0.39, 0.29) is 18.1 Å². The maximum atomic E-state index is 12.3. The van der Waals surface area contributed by atoms with Gasteiger partial charge in [0.25, 0.3) is 5.91 Å². The van der Waals surface area contributed by atoms with Gasteiger partial charge in [0, 0.05) is 19.2 Å². The first kappa shape index (κ1) is 14.6. The molecule has 1 aromatic rings. The summed E-state index contributed by atoms with van der Waals surface area (Å²) < 4.78 is 0. The highest BCUT2D eigenvalue weighted by Gasteiger charge is 2.47. The van der Waals surface area contributed by atoms with Crippen LogP contribution in [0.2, 0.25) is 0 Å². The summed E-state index contributed by atoms with van der Waals surface area (Å²) in [6.07, 6.45) is 1.64. The van der Waals surface area contributed by atoms with Gasteiger partial charge in [0.15, 0.2) is 6.04 Å². The van der Waals surface area contributed by atoms with Gasteiger partial charge in [0.1, 0.15) is 12.0 Å². The quantitative estimate of drug-likeness (QED) is 0.914. The molecule has 0 radical (unpaired) electrons. The average molecular weight is 300 g/mol. The Balaban J connectivity index is 1.96. The van der Waals surface area contributed by atoms with Gasteiger partial charge in [-0.15, -0.1) is 0 Å². The minimum absolute atomic E-state index is 0.249. The molecule has 0 aromatic heterocycles. The van der Waals surface area contributed by atoms with E-state index in [1.807, 2.05) is 35.2 Å². The molecule has 22 heavy (non-hydrogen) atoms. The summed E-state index contributed by atoms with van der Waals surface area (Å²) in [5, 5.41) is 2.89. The smallest absolute Gasteiger partial charge is 0.325 e. The SMILES string of the molecule is CCCCN1C(c2ccccc2)=NC2C(=O)N(C)C(=O)NC21. The highest BCUT2D eigenvalue weighted by molar-refractivity contribution is 6.07. The predicted molar refractivity (Wildman–Crippen MR) is 83.5 cm³/mol. The van der Waals surface area contributed by atoms with Gasteiger partial charge < -0.3 is 10.2 Å². The van der Waals surface area contributed by atoms with Gasteiger partial charge >= 0.3 is 6.03 Å². The van der Waals surface area contributed by atoms with Gasteiger partial charge in [-0.1, -0.05) is 43.7 Å². The number of amidine groups is 1. The second-order valence-corrected chi connectivity index (χ2v) is 5.60. The van der Waals surface area contributed by atoms with Crippen molar-refractivity contribution in [2.75, 3.05) is 13.6 Å². The van der Waals surface area contributed by atoms with Crippen LogP contribution in [0.15, 0.2) is 35.3 Å². The third-order valence-electron chi connectivity index (χ3n) is 4.11. The summed E-state index contributed by atoms with van der Waals surface area (Å²) in [6, 6.07) is 8.88. The van der Waals surface area contributed by atoms with Crippen LogP contribution in [-0.2, 0) is 4.79 Å². The van der Waals surface area contributed by atoms with Crippen LogP contribution in [0.1, 0.15) is 25.3 Å². The number of rotatable bonds is 4. The molecule has 2 aliphatic heterocycles. The van der Waals surface area contributed by atoms with E-state index in [0.29, 0.717) is 0 Å². The molecule has 2 heterocycles. The topological polar surface area (TPSA) is 65.0 Å². The van der Waals surface area contributed by atoms with Crippen molar-refractivity contribution in [2.45, 2.75) is 32.0 Å². The average Bonchev–Trinajstić information content (AvgIpc) is 2.90. The number of likely N-dealkylation sites (N-methyl/N-ethyl adjacent to an activating group) is 1. The fourth-order valence-electron chi connectivity index (χ4n) is 2.85. The summed E-state index contributed by atoms with van der Waals surface area (Å²) >= 11 is 0. The number of urea groups is 1. The number of unbranched alkanes of at least 4 members (excludes halogenated alkanes) is 1. The molecule has 1 N–H and O–H groups in total. The minimum atomic E-state index is -0.560. The number of imide groups is 1. The monoisotopic (exact) mass is 300 g/mol. The summed E-state index contributed by atoms with van der Waals surface area (Å²) in [5.41, 5.74) is 0.970. The van der Waals surface area contributed by atoms with Crippen molar-refractivity contribution in [1.82, 2.24) is 15.1 Å². The summed E-state index contributed by atoms with van der Waals surface area (Å²) in [7, 11) is 1.49. The maximum Gasteiger partial charge on any atom is 0.325 e. The van der Waals surface area contributed by atoms with E-state index in [1.165, 1.54) is 7.05 Å². The van der Waals surface area contributed by atoms with Crippen LogP contribution in [0.5, 0.6) is 0 Å². The Bertz CT molecular complexity index is 614. The molecule has 3 rings (SSSR count). The fraction of sp³-hybridized carbons (Fsp3) is 0.438. The minimum Gasteiger partial charge on any atom is -0.333 e. The molecular weight excluding hydrogens is 280 g/mol. The fourth-order valence-corrected chi connectivity index (χ4v) is 2.85. The normalized spacial score (nSPS) is 24.2. The molecule has 6 nitrogen and oxygen atoms in total. The van der Waals surface area contributed by atoms with Crippen LogP contribution in [-0.4, -0.2) is 53.4 Å². The van der Waals surface area contributed by atoms with Crippen molar-refractivity contribution < 1.29 is 9.59 Å². The third-order valence-corrected chi connectivity index (χ3v) is 4.11. The van der Waals surface area contributed by atoms with E-state index < -0.39 is 6.04 Å². The number of hydrogen-bond acceptors (Lipinski definition) is 4. The molecule has 6 heteroatoms. The van der Waals surface area contributed by atoms with E-state index in [2.05, 4.69) is 17.2 Å². The molecule has 2 unspecified atom stereocenters. The van der Waals surface area contributed by atoms with Gasteiger partial charge in [-0.25, -0.2) is 4.79 Å². The second kappa shape index (κ2) is 5.79. The molecule has 0 bridgehead atoms. The lowest BCUT2D eigenvalue weighted by atomic mass is 10.1. The molecule has 1 fully saturated rings. The van der Waals surface area contributed by atoms with Crippen LogP contribution >= 0.6 is 0 Å². The van der Waals surface area contributed by atoms with Gasteiger partial charge in [0.2, 0.25) is 0 Å². The van der Waals surface area contributed by atoms with Gasteiger partial charge in [-0.3, -0.25) is 14.7 Å². The van der Waals surface area contributed by atoms with Crippen molar-refractivity contribution in [3.05, 3.63) is 35.9 Å². The van der Waals surface area contributed by atoms with Gasteiger partial charge in [-0.2, -0.15) is 0 Å². The predicted octanol–water partition coefficient (Wildman–Crippen LogP) is 1.43. The Labute approximate surface area is 129 Å². The summed E-state index contributed by atoms with van der Waals surface area (Å²) in [5.74, 6) is 0.536. The van der Waals surface area contributed by atoms with Crippen molar-refractivity contribution >= 4 is 17.8 Å². The van der Waals surface area contributed by atoms with Crippen LogP contribution < -0.4 is 5.32 Å². The molecule has 0 spiro atoms. The molecule has 2 atom stereocenters. The van der Waals surface area contributed by atoms with E-state index in [0.717, 1.165) is 35.7 Å². The first-order chi connectivity index (χ1) is 10.6. The number of carbonyl (C=O) groups is 2. The summed E-state index contributed by atoms with van der Waals surface area (Å²) in [6.45, 7) is 2.88. The number of nitrogens with zero attached hydrogens (tertiary/aromatic N) is 3. The van der Waals surface area contributed by atoms with Crippen molar-refractivity contribution in [2.24, 2.45) is 4.99 Å². The zero-order chi connectivity index (χ0) is 15.7. The maximum absolute atomic E-state index is 12.3. The highest BCUT2D eigenvalue weighted by atomic mass is 16.2. The number of hydrogen-bond donors (Lipinski definition) is 1. The number of nitrogens with one attached hydrogen (secondary N) is 1. The third kappa shape index (κ3) is 2.34. The standard InChI is InChI=1S/C16H20N4O2/c1-3-4-10-20-13(11-8-6-5-7-9-11)17-12-14(20)18-16(22)19(2)15(12)21/h5-9,12,14H,3-4,10H2,1-2H3,(H,18,22). The van der Waals surface area contributed by atoms with Crippen LogP contribution in [0.3, 0.4) is 0 Å². The largest absolute Gasteiger partial charge is 0.333 e. The van der Waals surface area contributed by atoms with Crippen LogP contribution in [0, 0.1) is 0 Å². The van der Waals surface area contributed by atoms with Crippen LogP contribution in [0.25, 0.3) is 0 Å². The molecular formula is C16H20N4O2. The Hall–Kier alpha value is -2.37. The number of amides is 3. The Morgan fingerprint density at radius 3 is 2.64 bits per heavy atom. The Morgan fingerprint density at radius 1 is 1.23 bits per heavy atom. The van der Waals surface area contributed by atoms with Crippen LogP contribution in [0.4, 0.5) is 4.79 Å². The second-order valence-electron chi connectivity index (χ2n) is 5.60. The number of benzene rings is 1. The zero-order valence-electron chi connectivity index (χ0n) is 12.8. The van der Waals surface area contributed by atoms with Crippen molar-refractivity contribution in [1.29, 1.82) is 0 Å². The van der Waals surface area contributed by atoms with E-state index in [9.17, 15) is 9.59 Å². The molecule has 1 saturated heterocycles. The van der Waals surface area contributed by atoms with E-state index in [1.54, 1.807) is 0 Å². The molecule has 0 saturated carbocycles. The number of aliphatic imine (C=N–C) groups is 1. The molecule has 2 aliphatic rings. The molecule has 0 aliphatic carbocycles. The zero-order valence-corrected chi connectivity index (χ0v) is 12.8. The first-order valence-electron chi connectivity index (χ1n) is 7.61. The lowest BCUT2D eigenvalue weighted by Crippen LogP contribution is -2.64. The Morgan fingerprint density at radius 2 is 1.95 bits per heavy atom. The van der Waals surface area contributed by atoms with Crippen molar-refractivity contribution in [3.8, 4) is 0 Å². The van der Waals surface area contributed by atoms with Gasteiger partial charge in [-0.05, 0) is 6.42 Å². The van der Waals surface area contributed by atoms with E-state index in [4.69, 9.17) is 0 Å². The van der Waals surface area contributed by atoms with E-state index >= 15 is 0 Å². The lowest BCUT2D eigenvalue weighted by molar-refractivity contribution is -0.131. The van der Waals surface area contributed by atoms with Crippen molar-refractivity contribution in [3.63, 3.8) is 0 Å². The number of carbonyl (C=O) groups excluding carboxylic acids is 2.